The molecule has 5 nitrogen and oxygen atoms in total. The first kappa shape index (κ1) is 11.2. The van der Waals surface area contributed by atoms with Crippen LogP contribution in [-0.4, -0.2) is 22.4 Å². The summed E-state index contributed by atoms with van der Waals surface area (Å²) in [7, 11) is 0. The van der Waals surface area contributed by atoms with Gasteiger partial charge in [0.2, 0.25) is 0 Å². The highest BCUT2D eigenvalue weighted by Crippen LogP contribution is 2.09. The second kappa shape index (κ2) is 5.15. The second-order valence-electron chi connectivity index (χ2n) is 2.90. The highest BCUT2D eigenvalue weighted by molar-refractivity contribution is 5.90. The molecule has 1 rings (SSSR count). The van der Waals surface area contributed by atoms with Gasteiger partial charge >= 0.3 is 5.97 Å². The van der Waals surface area contributed by atoms with E-state index in [0.717, 1.165) is 0 Å². The standard InChI is InChI=1S/C10H13N3O2/c1-3-13-7-8(10(14)15-4-2)9(12-13)5-6-11/h7H,3-5H2,1-2H3. The van der Waals surface area contributed by atoms with E-state index in [1.54, 1.807) is 17.8 Å². The third kappa shape index (κ3) is 2.56. The fourth-order valence-electron chi connectivity index (χ4n) is 1.21. The van der Waals surface area contributed by atoms with Gasteiger partial charge < -0.3 is 4.74 Å². The molecule has 0 aliphatic rings. The Morgan fingerprint density at radius 1 is 1.67 bits per heavy atom. The maximum absolute atomic E-state index is 11.5. The highest BCUT2D eigenvalue weighted by atomic mass is 16.5. The normalized spacial score (nSPS) is 9.67. The monoisotopic (exact) mass is 207 g/mol. The first-order chi connectivity index (χ1) is 7.22. The summed E-state index contributed by atoms with van der Waals surface area (Å²) in [6, 6.07) is 1.98. The van der Waals surface area contributed by atoms with E-state index < -0.39 is 5.97 Å². The van der Waals surface area contributed by atoms with Crippen LogP contribution in [0.3, 0.4) is 0 Å². The van der Waals surface area contributed by atoms with E-state index in [4.69, 9.17) is 10.00 Å². The lowest BCUT2D eigenvalue weighted by Gasteiger charge is -1.98. The number of esters is 1. The molecular weight excluding hydrogens is 194 g/mol. The Balaban J connectivity index is 2.98. The molecule has 5 heteroatoms. The van der Waals surface area contributed by atoms with Crippen LogP contribution in [0.25, 0.3) is 0 Å². The Morgan fingerprint density at radius 2 is 2.40 bits per heavy atom. The maximum atomic E-state index is 11.5. The molecule has 0 unspecified atom stereocenters. The summed E-state index contributed by atoms with van der Waals surface area (Å²) in [5, 5.41) is 12.7. The molecule has 0 N–H and O–H groups in total. The van der Waals surface area contributed by atoms with Gasteiger partial charge in [-0.2, -0.15) is 10.4 Å². The zero-order valence-electron chi connectivity index (χ0n) is 8.86. The van der Waals surface area contributed by atoms with Crippen LogP contribution in [0.4, 0.5) is 0 Å². The van der Waals surface area contributed by atoms with Crippen molar-refractivity contribution in [2.24, 2.45) is 0 Å². The molecule has 0 amide bonds. The molecule has 80 valence electrons. The SMILES string of the molecule is CCOC(=O)c1cn(CC)nc1CC#N. The molecule has 0 atom stereocenters. The lowest BCUT2D eigenvalue weighted by atomic mass is 10.2. The van der Waals surface area contributed by atoms with E-state index in [0.29, 0.717) is 24.4 Å². The zero-order valence-corrected chi connectivity index (χ0v) is 8.86. The van der Waals surface area contributed by atoms with Crippen molar-refractivity contribution < 1.29 is 9.53 Å². The predicted molar refractivity (Wildman–Crippen MR) is 53.2 cm³/mol. The minimum atomic E-state index is -0.414. The number of aromatic nitrogens is 2. The van der Waals surface area contributed by atoms with Gasteiger partial charge in [-0.25, -0.2) is 4.79 Å². The summed E-state index contributed by atoms with van der Waals surface area (Å²) in [5.41, 5.74) is 0.873. The van der Waals surface area contributed by atoms with Crippen LogP contribution < -0.4 is 0 Å². The van der Waals surface area contributed by atoms with E-state index in [1.807, 2.05) is 13.0 Å². The molecule has 0 fully saturated rings. The molecule has 1 aromatic rings. The molecule has 0 radical (unpaired) electrons. The Hall–Kier alpha value is -1.83. The number of aryl methyl sites for hydroxylation is 1. The van der Waals surface area contributed by atoms with Crippen LogP contribution >= 0.6 is 0 Å². The molecule has 1 aromatic heterocycles. The molecule has 0 spiro atoms. The van der Waals surface area contributed by atoms with E-state index in [2.05, 4.69) is 5.10 Å². The molecular formula is C10H13N3O2. The van der Waals surface area contributed by atoms with E-state index in [-0.39, 0.29) is 6.42 Å². The van der Waals surface area contributed by atoms with Crippen LogP contribution in [0.2, 0.25) is 0 Å². The van der Waals surface area contributed by atoms with E-state index in [9.17, 15) is 4.79 Å². The second-order valence-corrected chi connectivity index (χ2v) is 2.90. The average Bonchev–Trinajstić information content (AvgIpc) is 2.62. The molecule has 0 saturated heterocycles. The van der Waals surface area contributed by atoms with Crippen molar-refractivity contribution in [1.82, 2.24) is 9.78 Å². The summed E-state index contributed by atoms with van der Waals surface area (Å²) in [5.74, 6) is -0.414. The molecule has 0 saturated carbocycles. The summed E-state index contributed by atoms with van der Waals surface area (Å²) < 4.78 is 6.50. The van der Waals surface area contributed by atoms with Crippen LogP contribution in [-0.2, 0) is 17.7 Å². The Labute approximate surface area is 88.3 Å². The number of carbonyl (C=O) groups excluding carboxylic acids is 1. The molecule has 1 heterocycles. The summed E-state index contributed by atoms with van der Waals surface area (Å²) >= 11 is 0. The lowest BCUT2D eigenvalue weighted by Crippen LogP contribution is -2.06. The zero-order chi connectivity index (χ0) is 11.3. The van der Waals surface area contributed by atoms with Crippen LogP contribution in [0.5, 0.6) is 0 Å². The van der Waals surface area contributed by atoms with Crippen molar-refractivity contribution in [3.63, 3.8) is 0 Å². The molecule has 15 heavy (non-hydrogen) atoms. The van der Waals surface area contributed by atoms with Crippen molar-refractivity contribution in [2.75, 3.05) is 6.61 Å². The maximum Gasteiger partial charge on any atom is 0.341 e. The Morgan fingerprint density at radius 3 is 2.93 bits per heavy atom. The van der Waals surface area contributed by atoms with E-state index >= 15 is 0 Å². The fourth-order valence-corrected chi connectivity index (χ4v) is 1.21. The number of hydrogen-bond acceptors (Lipinski definition) is 4. The Kier molecular flexibility index (Phi) is 3.86. The number of nitriles is 1. The molecule has 0 aromatic carbocycles. The van der Waals surface area contributed by atoms with Gasteiger partial charge in [-0.3, -0.25) is 4.68 Å². The van der Waals surface area contributed by atoms with Crippen molar-refractivity contribution in [3.8, 4) is 6.07 Å². The molecule has 0 bridgehead atoms. The number of hydrogen-bond donors (Lipinski definition) is 0. The van der Waals surface area contributed by atoms with Crippen molar-refractivity contribution in [3.05, 3.63) is 17.5 Å². The number of rotatable bonds is 4. The van der Waals surface area contributed by atoms with Crippen molar-refractivity contribution in [2.45, 2.75) is 26.8 Å². The predicted octanol–water partition coefficient (Wildman–Crippen LogP) is 1.15. The van der Waals surface area contributed by atoms with Crippen LogP contribution in [0.15, 0.2) is 6.20 Å². The number of ether oxygens (including phenoxy) is 1. The van der Waals surface area contributed by atoms with Gasteiger partial charge in [0, 0.05) is 12.7 Å². The van der Waals surface area contributed by atoms with Gasteiger partial charge in [-0.1, -0.05) is 0 Å². The number of carbonyl (C=O) groups is 1. The summed E-state index contributed by atoms with van der Waals surface area (Å²) in [4.78, 5) is 11.5. The quantitative estimate of drug-likeness (QED) is 0.694. The van der Waals surface area contributed by atoms with Crippen LogP contribution in [0.1, 0.15) is 29.9 Å². The number of nitrogens with zero attached hydrogens (tertiary/aromatic N) is 3. The third-order valence-corrected chi connectivity index (χ3v) is 1.90. The largest absolute Gasteiger partial charge is 0.462 e. The first-order valence-corrected chi connectivity index (χ1v) is 4.83. The average molecular weight is 207 g/mol. The third-order valence-electron chi connectivity index (χ3n) is 1.90. The van der Waals surface area contributed by atoms with Gasteiger partial charge in [-0.05, 0) is 13.8 Å². The van der Waals surface area contributed by atoms with Crippen molar-refractivity contribution in [1.29, 1.82) is 5.26 Å². The lowest BCUT2D eigenvalue weighted by molar-refractivity contribution is 0.0525. The smallest absolute Gasteiger partial charge is 0.341 e. The van der Waals surface area contributed by atoms with Gasteiger partial charge in [0.25, 0.3) is 0 Å². The fraction of sp³-hybridized carbons (Fsp3) is 0.500. The van der Waals surface area contributed by atoms with Crippen LogP contribution in [0, 0.1) is 11.3 Å². The minimum absolute atomic E-state index is 0.126. The summed E-state index contributed by atoms with van der Waals surface area (Å²) in [6.45, 7) is 4.64. The van der Waals surface area contributed by atoms with Gasteiger partial charge in [0.05, 0.1) is 24.8 Å². The van der Waals surface area contributed by atoms with E-state index in [1.165, 1.54) is 0 Å². The van der Waals surface area contributed by atoms with Gasteiger partial charge in [0.1, 0.15) is 5.56 Å². The van der Waals surface area contributed by atoms with Crippen molar-refractivity contribution >= 4 is 5.97 Å². The topological polar surface area (TPSA) is 67.9 Å². The molecule has 0 aliphatic carbocycles. The first-order valence-electron chi connectivity index (χ1n) is 4.83. The molecule has 0 aliphatic heterocycles. The van der Waals surface area contributed by atoms with Gasteiger partial charge in [0.15, 0.2) is 0 Å². The summed E-state index contributed by atoms with van der Waals surface area (Å²) in [6.07, 6.45) is 1.74. The minimum Gasteiger partial charge on any atom is -0.462 e. The van der Waals surface area contributed by atoms with Gasteiger partial charge in [-0.15, -0.1) is 0 Å². The highest BCUT2D eigenvalue weighted by Gasteiger charge is 2.16. The Bertz CT molecular complexity index is 390.